The van der Waals surface area contributed by atoms with Crippen LogP contribution in [0.1, 0.15) is 38.6 Å². The van der Waals surface area contributed by atoms with Crippen molar-refractivity contribution in [3.05, 3.63) is 58.0 Å². The average molecular weight is 476 g/mol. The van der Waals surface area contributed by atoms with E-state index in [0.717, 1.165) is 11.8 Å². The second kappa shape index (κ2) is 11.8. The molecule has 0 aliphatic carbocycles. The Morgan fingerprint density at radius 2 is 1.88 bits per heavy atom. The molecule has 34 heavy (non-hydrogen) atoms. The smallest absolute Gasteiger partial charge is 0.408 e. The number of ether oxygens (including phenoxy) is 2. The number of nitrogens with one attached hydrogen (secondary N) is 2. The molecule has 0 saturated heterocycles. The molecular formula is C22H29N5O7. The normalized spacial score (nSPS) is 11.9. The van der Waals surface area contributed by atoms with Crippen molar-refractivity contribution in [2.45, 2.75) is 58.9 Å². The van der Waals surface area contributed by atoms with Crippen LogP contribution in [0.15, 0.2) is 36.5 Å². The number of nitro groups is 1. The minimum atomic E-state index is -1.27. The minimum absolute atomic E-state index is 0.00242. The Bertz CT molecular complexity index is 1010. The molecule has 12 heteroatoms. The first-order valence-corrected chi connectivity index (χ1v) is 10.6. The molecule has 1 atom stereocenters. The number of hydrogen-bond acceptors (Lipinski definition) is 8. The lowest BCUT2D eigenvalue weighted by Crippen LogP contribution is -2.49. The Morgan fingerprint density at radius 1 is 1.21 bits per heavy atom. The number of amides is 2. The molecule has 12 nitrogen and oxygen atoms in total. The predicted octanol–water partition coefficient (Wildman–Crippen LogP) is 2.24. The van der Waals surface area contributed by atoms with Gasteiger partial charge in [-0.2, -0.15) is 0 Å². The topological polar surface area (TPSA) is 155 Å². The van der Waals surface area contributed by atoms with E-state index < -0.39 is 41.0 Å². The van der Waals surface area contributed by atoms with Crippen LogP contribution in [0.5, 0.6) is 0 Å². The van der Waals surface area contributed by atoms with Crippen molar-refractivity contribution in [2.24, 2.45) is 0 Å². The second-order valence-electron chi connectivity index (χ2n) is 8.41. The van der Waals surface area contributed by atoms with Crippen molar-refractivity contribution < 1.29 is 28.8 Å². The second-order valence-corrected chi connectivity index (χ2v) is 8.41. The molecule has 2 N–H and O–H groups in total. The quantitative estimate of drug-likeness (QED) is 0.301. The van der Waals surface area contributed by atoms with E-state index in [2.05, 4.69) is 15.6 Å². The van der Waals surface area contributed by atoms with Crippen LogP contribution >= 0.6 is 0 Å². The van der Waals surface area contributed by atoms with Gasteiger partial charge >= 0.3 is 17.9 Å². The van der Waals surface area contributed by atoms with Gasteiger partial charge in [0, 0.05) is 6.92 Å². The van der Waals surface area contributed by atoms with E-state index in [4.69, 9.17) is 9.47 Å². The predicted molar refractivity (Wildman–Crippen MR) is 121 cm³/mol. The fraction of sp³-hybridized carbons (Fsp3) is 0.455. The number of hydrogen-bond donors (Lipinski definition) is 2. The Hall–Kier alpha value is -3.96. The first-order chi connectivity index (χ1) is 16.0. The van der Waals surface area contributed by atoms with Gasteiger partial charge in [0.2, 0.25) is 5.91 Å². The van der Waals surface area contributed by atoms with Crippen LogP contribution in [-0.4, -0.2) is 50.6 Å². The molecule has 0 aliphatic rings. The Balaban J connectivity index is 2.00. The van der Waals surface area contributed by atoms with Gasteiger partial charge in [-0.25, -0.2) is 14.3 Å². The summed E-state index contributed by atoms with van der Waals surface area (Å²) in [5.41, 5.74) is -0.0363. The number of benzene rings is 1. The molecule has 1 heterocycles. The summed E-state index contributed by atoms with van der Waals surface area (Å²) in [6.07, 6.45) is -0.167. The van der Waals surface area contributed by atoms with Crippen molar-refractivity contribution >= 4 is 23.8 Å². The molecule has 1 unspecified atom stereocenters. The fourth-order valence-corrected chi connectivity index (χ4v) is 2.92. The molecule has 184 valence electrons. The van der Waals surface area contributed by atoms with Gasteiger partial charge in [0.15, 0.2) is 5.82 Å². The van der Waals surface area contributed by atoms with Crippen molar-refractivity contribution in [3.63, 3.8) is 0 Å². The zero-order valence-electron chi connectivity index (χ0n) is 19.6. The maximum atomic E-state index is 12.7. The summed E-state index contributed by atoms with van der Waals surface area (Å²) >= 11 is 0. The summed E-state index contributed by atoms with van der Waals surface area (Å²) in [6, 6.07) is 7.74. The van der Waals surface area contributed by atoms with Gasteiger partial charge in [-0.15, -0.1) is 0 Å². The number of imidazole rings is 1. The van der Waals surface area contributed by atoms with Crippen LogP contribution in [0.25, 0.3) is 0 Å². The third-order valence-electron chi connectivity index (χ3n) is 4.48. The minimum Gasteiger partial charge on any atom is -0.461 e. The van der Waals surface area contributed by atoms with Gasteiger partial charge in [0.05, 0.1) is 13.0 Å². The standard InChI is InChI=1S/C22H29N5O7/c1-15-24-13-18(27(31)32)26(15)11-10-23-20(29)17(25-21(30)34-22(2,3)4)12-19(28)33-14-16-8-6-5-7-9-16/h5-9,13,17H,10-12,14H2,1-4H3,(H,23,29)(H,25,30). The number of aromatic nitrogens is 2. The number of esters is 1. The van der Waals surface area contributed by atoms with Crippen LogP contribution in [0.2, 0.25) is 0 Å². The first-order valence-electron chi connectivity index (χ1n) is 10.6. The summed E-state index contributed by atoms with van der Waals surface area (Å²) in [4.78, 5) is 51.7. The van der Waals surface area contributed by atoms with Crippen LogP contribution in [0.3, 0.4) is 0 Å². The van der Waals surface area contributed by atoms with Crippen molar-refractivity contribution in [3.8, 4) is 0 Å². The number of nitrogens with zero attached hydrogens (tertiary/aromatic N) is 3. The highest BCUT2D eigenvalue weighted by atomic mass is 16.6. The Morgan fingerprint density at radius 3 is 2.50 bits per heavy atom. The molecule has 0 saturated carbocycles. The number of carbonyl (C=O) groups excluding carboxylic acids is 3. The van der Waals surface area contributed by atoms with Gasteiger partial charge in [0.1, 0.15) is 31.0 Å². The van der Waals surface area contributed by atoms with E-state index in [0.29, 0.717) is 5.82 Å². The van der Waals surface area contributed by atoms with Gasteiger partial charge < -0.3 is 30.2 Å². The van der Waals surface area contributed by atoms with E-state index in [1.165, 1.54) is 4.57 Å². The lowest BCUT2D eigenvalue weighted by molar-refractivity contribution is -0.392. The number of aryl methyl sites for hydroxylation is 1. The molecule has 2 aromatic rings. The van der Waals surface area contributed by atoms with E-state index in [9.17, 15) is 24.5 Å². The van der Waals surface area contributed by atoms with Gasteiger partial charge in [-0.3, -0.25) is 9.59 Å². The molecule has 0 radical (unpaired) electrons. The highest BCUT2D eigenvalue weighted by Gasteiger charge is 2.27. The molecule has 0 spiro atoms. The number of alkyl carbamates (subject to hydrolysis) is 1. The summed E-state index contributed by atoms with van der Waals surface area (Å²) in [7, 11) is 0. The summed E-state index contributed by atoms with van der Waals surface area (Å²) < 4.78 is 11.7. The van der Waals surface area contributed by atoms with Gasteiger partial charge in [-0.05, 0) is 31.3 Å². The van der Waals surface area contributed by atoms with Crippen LogP contribution in [0.4, 0.5) is 10.6 Å². The third-order valence-corrected chi connectivity index (χ3v) is 4.48. The number of rotatable bonds is 10. The highest BCUT2D eigenvalue weighted by molar-refractivity contribution is 5.89. The SMILES string of the molecule is Cc1ncc([N+](=O)[O-])n1CCNC(=O)C(CC(=O)OCc1ccccc1)NC(=O)OC(C)(C)C. The van der Waals surface area contributed by atoms with E-state index in [1.54, 1.807) is 52.0 Å². The molecule has 2 amide bonds. The first kappa shape index (κ1) is 26.3. The highest BCUT2D eigenvalue weighted by Crippen LogP contribution is 2.13. The van der Waals surface area contributed by atoms with Crippen molar-refractivity contribution in [1.82, 2.24) is 20.2 Å². The van der Waals surface area contributed by atoms with Crippen LogP contribution in [0, 0.1) is 17.0 Å². The largest absolute Gasteiger partial charge is 0.461 e. The molecule has 0 aliphatic heterocycles. The molecule has 2 rings (SSSR count). The van der Waals surface area contributed by atoms with E-state index >= 15 is 0 Å². The third kappa shape index (κ3) is 8.52. The van der Waals surface area contributed by atoms with Crippen LogP contribution < -0.4 is 10.6 Å². The Labute approximate surface area is 196 Å². The fourth-order valence-electron chi connectivity index (χ4n) is 2.92. The molecule has 1 aromatic carbocycles. The molecular weight excluding hydrogens is 446 g/mol. The lowest BCUT2D eigenvalue weighted by atomic mass is 10.2. The van der Waals surface area contributed by atoms with Gasteiger partial charge in [0.25, 0.3) is 0 Å². The maximum absolute atomic E-state index is 12.7. The van der Waals surface area contributed by atoms with Gasteiger partial charge in [-0.1, -0.05) is 30.3 Å². The number of carbonyl (C=O) groups is 3. The molecule has 1 aromatic heterocycles. The zero-order valence-corrected chi connectivity index (χ0v) is 19.6. The lowest BCUT2D eigenvalue weighted by Gasteiger charge is -2.23. The maximum Gasteiger partial charge on any atom is 0.408 e. The monoisotopic (exact) mass is 475 g/mol. The van der Waals surface area contributed by atoms with E-state index in [-0.39, 0.29) is 25.5 Å². The van der Waals surface area contributed by atoms with E-state index in [1.807, 2.05) is 6.07 Å². The summed E-state index contributed by atoms with van der Waals surface area (Å²) in [5.74, 6) is -1.15. The van der Waals surface area contributed by atoms with Crippen molar-refractivity contribution in [1.29, 1.82) is 0 Å². The average Bonchev–Trinajstić information content (AvgIpc) is 3.12. The zero-order chi connectivity index (χ0) is 25.3. The van der Waals surface area contributed by atoms with Crippen LogP contribution in [-0.2, 0) is 32.2 Å². The summed E-state index contributed by atoms with van der Waals surface area (Å²) in [6.45, 7) is 6.69. The Kier molecular flexibility index (Phi) is 9.10. The molecule has 0 bridgehead atoms. The van der Waals surface area contributed by atoms with Crippen molar-refractivity contribution in [2.75, 3.05) is 6.54 Å². The molecule has 0 fully saturated rings. The summed E-state index contributed by atoms with van der Waals surface area (Å²) in [5, 5.41) is 16.1.